The normalized spacial score (nSPS) is 12.6. The molecule has 0 saturated carbocycles. The predicted octanol–water partition coefficient (Wildman–Crippen LogP) is 3.88. The van der Waals surface area contributed by atoms with Crippen molar-refractivity contribution in [3.05, 3.63) is 33.8 Å². The van der Waals surface area contributed by atoms with Gasteiger partial charge in [0.2, 0.25) is 0 Å². The minimum Gasteiger partial charge on any atom is -0.298 e. The first-order chi connectivity index (χ1) is 6.57. The molecule has 0 N–H and O–H groups in total. The largest absolute Gasteiger partial charge is 0.298 e. The van der Waals surface area contributed by atoms with E-state index in [1.807, 2.05) is 25.1 Å². The molecule has 0 aliphatic carbocycles. The van der Waals surface area contributed by atoms with Gasteiger partial charge >= 0.3 is 0 Å². The number of ketones is 1. The fraction of sp³-hybridized carbons (Fsp3) is 0.364. The van der Waals surface area contributed by atoms with Crippen LogP contribution in [0.1, 0.15) is 30.4 Å². The molecule has 1 nitrogen and oxygen atoms in total. The van der Waals surface area contributed by atoms with Crippen molar-refractivity contribution in [2.45, 2.75) is 25.6 Å². The maximum absolute atomic E-state index is 11.2. The summed E-state index contributed by atoms with van der Waals surface area (Å²) in [5.74, 6) is -0.0144. The highest BCUT2D eigenvalue weighted by Crippen LogP contribution is 2.30. The van der Waals surface area contributed by atoms with Crippen LogP contribution in [-0.4, -0.2) is 5.78 Å². The van der Waals surface area contributed by atoms with Gasteiger partial charge in [-0.05, 0) is 30.5 Å². The van der Waals surface area contributed by atoms with Gasteiger partial charge < -0.3 is 0 Å². The van der Waals surface area contributed by atoms with Crippen LogP contribution < -0.4 is 0 Å². The van der Waals surface area contributed by atoms with E-state index in [9.17, 15) is 4.79 Å². The molecule has 1 rings (SSSR count). The van der Waals surface area contributed by atoms with E-state index in [1.165, 1.54) is 6.92 Å². The van der Waals surface area contributed by atoms with Gasteiger partial charge in [-0.15, -0.1) is 11.6 Å². The van der Waals surface area contributed by atoms with Crippen molar-refractivity contribution < 1.29 is 4.79 Å². The summed E-state index contributed by atoms with van der Waals surface area (Å²) >= 11 is 9.48. The summed E-state index contributed by atoms with van der Waals surface area (Å²) in [5, 5.41) is -0.526. The average molecular weight is 276 g/mol. The van der Waals surface area contributed by atoms with Gasteiger partial charge in [-0.25, -0.2) is 0 Å². The Hall–Kier alpha value is -0.340. The van der Waals surface area contributed by atoms with Crippen LogP contribution >= 0.6 is 27.5 Å². The summed E-state index contributed by atoms with van der Waals surface area (Å²) in [5.41, 5.74) is 2.03. The second-order valence-electron chi connectivity index (χ2n) is 3.13. The minimum atomic E-state index is -0.526. The van der Waals surface area contributed by atoms with E-state index < -0.39 is 5.38 Å². The molecule has 1 aromatic rings. The van der Waals surface area contributed by atoms with Crippen molar-refractivity contribution in [3.8, 4) is 0 Å². The molecule has 3 heteroatoms. The number of benzene rings is 1. The molecule has 0 radical (unpaired) electrons. The summed E-state index contributed by atoms with van der Waals surface area (Å²) in [6, 6.07) is 5.77. The SMILES string of the molecule is CCc1c(Br)cccc1C(Cl)C(C)=O. The highest BCUT2D eigenvalue weighted by atomic mass is 79.9. The van der Waals surface area contributed by atoms with Crippen LogP contribution in [0.2, 0.25) is 0 Å². The van der Waals surface area contributed by atoms with Crippen molar-refractivity contribution in [1.29, 1.82) is 0 Å². The highest BCUT2D eigenvalue weighted by molar-refractivity contribution is 9.10. The molecule has 1 unspecified atom stereocenters. The number of hydrogen-bond acceptors (Lipinski definition) is 1. The molecular formula is C11H12BrClO. The van der Waals surface area contributed by atoms with Crippen LogP contribution in [0.25, 0.3) is 0 Å². The van der Waals surface area contributed by atoms with Gasteiger partial charge in [-0.1, -0.05) is 35.0 Å². The molecule has 0 aliphatic heterocycles. The molecule has 0 amide bonds. The third-order valence-corrected chi connectivity index (χ3v) is 3.42. The number of halogens is 2. The number of Topliss-reactive ketones (excluding diaryl/α,β-unsaturated/α-hetero) is 1. The average Bonchev–Trinajstić information content (AvgIpc) is 2.16. The number of alkyl halides is 1. The zero-order chi connectivity index (χ0) is 10.7. The lowest BCUT2D eigenvalue weighted by Gasteiger charge is -2.12. The Morgan fingerprint density at radius 2 is 2.21 bits per heavy atom. The molecule has 0 spiro atoms. The Labute approximate surface area is 97.6 Å². The van der Waals surface area contributed by atoms with Crippen molar-refractivity contribution in [2.24, 2.45) is 0 Å². The van der Waals surface area contributed by atoms with Gasteiger partial charge in [0, 0.05) is 4.47 Å². The monoisotopic (exact) mass is 274 g/mol. The maximum atomic E-state index is 11.2. The lowest BCUT2D eigenvalue weighted by atomic mass is 10.0. The second-order valence-corrected chi connectivity index (χ2v) is 4.43. The molecule has 14 heavy (non-hydrogen) atoms. The summed E-state index contributed by atoms with van der Waals surface area (Å²) in [6.07, 6.45) is 0.868. The van der Waals surface area contributed by atoms with Gasteiger partial charge in [0.1, 0.15) is 5.38 Å². The fourth-order valence-corrected chi connectivity index (χ4v) is 2.27. The highest BCUT2D eigenvalue weighted by Gasteiger charge is 2.17. The number of hydrogen-bond donors (Lipinski definition) is 0. The summed E-state index contributed by atoms with van der Waals surface area (Å²) in [6.45, 7) is 3.56. The van der Waals surface area contributed by atoms with Gasteiger partial charge in [0.15, 0.2) is 5.78 Å². The topological polar surface area (TPSA) is 17.1 Å². The standard InChI is InChI=1S/C11H12BrClO/c1-3-8-9(11(13)7(2)14)5-4-6-10(8)12/h4-6,11H,3H2,1-2H3. The fourth-order valence-electron chi connectivity index (χ4n) is 1.40. The molecule has 0 aromatic heterocycles. The Bertz CT molecular complexity index is 349. The molecule has 76 valence electrons. The molecule has 0 fully saturated rings. The van der Waals surface area contributed by atoms with Gasteiger partial charge in [-0.2, -0.15) is 0 Å². The Kier molecular flexibility index (Phi) is 4.14. The van der Waals surface area contributed by atoms with E-state index in [0.29, 0.717) is 0 Å². The third-order valence-electron chi connectivity index (χ3n) is 2.14. The first-order valence-corrected chi connectivity index (χ1v) is 5.72. The van der Waals surface area contributed by atoms with E-state index >= 15 is 0 Å². The number of carbonyl (C=O) groups excluding carboxylic acids is 1. The first-order valence-electron chi connectivity index (χ1n) is 4.49. The molecule has 0 bridgehead atoms. The van der Waals surface area contributed by atoms with Crippen molar-refractivity contribution in [1.82, 2.24) is 0 Å². The number of carbonyl (C=O) groups is 1. The Morgan fingerprint density at radius 1 is 1.57 bits per heavy atom. The minimum absolute atomic E-state index is 0.0144. The van der Waals surface area contributed by atoms with Crippen LogP contribution in [-0.2, 0) is 11.2 Å². The molecule has 0 aliphatic rings. The molecular weight excluding hydrogens is 263 g/mol. The van der Waals surface area contributed by atoms with Crippen LogP contribution in [0.15, 0.2) is 22.7 Å². The van der Waals surface area contributed by atoms with Crippen molar-refractivity contribution >= 4 is 33.3 Å². The molecule has 0 saturated heterocycles. The van der Waals surface area contributed by atoms with Gasteiger partial charge in [0.05, 0.1) is 0 Å². The van der Waals surface area contributed by atoms with E-state index in [-0.39, 0.29) is 5.78 Å². The van der Waals surface area contributed by atoms with Crippen LogP contribution in [0.4, 0.5) is 0 Å². The summed E-state index contributed by atoms with van der Waals surface area (Å²) in [4.78, 5) is 11.2. The lowest BCUT2D eigenvalue weighted by Crippen LogP contribution is -2.05. The Balaban J connectivity index is 3.20. The lowest BCUT2D eigenvalue weighted by molar-refractivity contribution is -0.116. The van der Waals surface area contributed by atoms with Crippen molar-refractivity contribution in [2.75, 3.05) is 0 Å². The van der Waals surface area contributed by atoms with Crippen LogP contribution in [0.3, 0.4) is 0 Å². The quantitative estimate of drug-likeness (QED) is 0.765. The smallest absolute Gasteiger partial charge is 0.152 e. The zero-order valence-corrected chi connectivity index (χ0v) is 10.5. The summed E-state index contributed by atoms with van der Waals surface area (Å²) < 4.78 is 1.02. The Morgan fingerprint density at radius 3 is 2.71 bits per heavy atom. The van der Waals surface area contributed by atoms with Crippen LogP contribution in [0.5, 0.6) is 0 Å². The van der Waals surface area contributed by atoms with E-state index in [0.717, 1.165) is 22.0 Å². The van der Waals surface area contributed by atoms with E-state index in [2.05, 4.69) is 15.9 Å². The summed E-state index contributed by atoms with van der Waals surface area (Å²) in [7, 11) is 0. The van der Waals surface area contributed by atoms with Crippen LogP contribution in [0, 0.1) is 0 Å². The van der Waals surface area contributed by atoms with Gasteiger partial charge in [0.25, 0.3) is 0 Å². The van der Waals surface area contributed by atoms with Gasteiger partial charge in [-0.3, -0.25) is 4.79 Å². The van der Waals surface area contributed by atoms with E-state index in [1.54, 1.807) is 0 Å². The molecule has 1 atom stereocenters. The maximum Gasteiger partial charge on any atom is 0.152 e. The zero-order valence-electron chi connectivity index (χ0n) is 8.18. The first kappa shape index (κ1) is 11.7. The molecule has 0 heterocycles. The van der Waals surface area contributed by atoms with Crippen molar-refractivity contribution in [3.63, 3.8) is 0 Å². The second kappa shape index (κ2) is 4.94. The number of rotatable bonds is 3. The predicted molar refractivity (Wildman–Crippen MR) is 62.8 cm³/mol. The van der Waals surface area contributed by atoms with E-state index in [4.69, 9.17) is 11.6 Å². The third kappa shape index (κ3) is 2.37. The molecule has 1 aromatic carbocycles.